The summed E-state index contributed by atoms with van der Waals surface area (Å²) in [5.41, 5.74) is 2.20. The van der Waals surface area contributed by atoms with Crippen molar-refractivity contribution < 1.29 is 4.79 Å². The first-order valence-corrected chi connectivity index (χ1v) is 6.52. The molecule has 0 aliphatic heterocycles. The number of thiophene rings is 1. The first kappa shape index (κ1) is 11.6. The molecule has 0 atom stereocenters. The topological polar surface area (TPSA) is 70.7 Å². The molecule has 19 heavy (non-hydrogen) atoms. The summed E-state index contributed by atoms with van der Waals surface area (Å²) in [4.78, 5) is 12.1. The third-order valence-corrected chi connectivity index (χ3v) is 3.45. The fourth-order valence-corrected chi connectivity index (χ4v) is 2.50. The second-order valence-electron chi connectivity index (χ2n) is 3.84. The lowest BCUT2D eigenvalue weighted by atomic mass is 10.2. The van der Waals surface area contributed by atoms with Crippen molar-refractivity contribution in [2.45, 2.75) is 0 Å². The molecule has 5 nitrogen and oxygen atoms in total. The van der Waals surface area contributed by atoms with E-state index in [1.165, 1.54) is 11.3 Å². The predicted octanol–water partition coefficient (Wildman–Crippen LogP) is 2.79. The second kappa shape index (κ2) is 5.03. The van der Waals surface area contributed by atoms with Crippen LogP contribution in [0.4, 0.5) is 5.00 Å². The molecule has 0 saturated carbocycles. The molecule has 0 aliphatic rings. The fourth-order valence-electron chi connectivity index (χ4n) is 1.70. The molecule has 0 fully saturated rings. The van der Waals surface area contributed by atoms with Crippen LogP contribution >= 0.6 is 11.3 Å². The van der Waals surface area contributed by atoms with Crippen LogP contribution in [0.15, 0.2) is 48.0 Å². The standard InChI is InChI=1S/C13H10N4OS/c18-12(9-4-2-1-3-5-9)15-13-10(6-7-19-13)11-8-14-17-16-11/h1-8H,(H,15,18)(H,14,16,17). The summed E-state index contributed by atoms with van der Waals surface area (Å²) in [6, 6.07) is 11.0. The Labute approximate surface area is 113 Å². The molecule has 0 saturated heterocycles. The molecule has 0 aliphatic carbocycles. The average molecular weight is 270 g/mol. The monoisotopic (exact) mass is 270 g/mol. The van der Waals surface area contributed by atoms with Gasteiger partial charge < -0.3 is 5.32 Å². The van der Waals surface area contributed by atoms with Crippen LogP contribution in [0.25, 0.3) is 11.3 Å². The van der Waals surface area contributed by atoms with Crippen molar-refractivity contribution in [2.75, 3.05) is 5.32 Å². The van der Waals surface area contributed by atoms with E-state index in [4.69, 9.17) is 0 Å². The number of aromatic amines is 1. The lowest BCUT2D eigenvalue weighted by Crippen LogP contribution is -2.11. The van der Waals surface area contributed by atoms with Crippen LogP contribution in [0, 0.1) is 0 Å². The molecule has 0 unspecified atom stereocenters. The van der Waals surface area contributed by atoms with Crippen molar-refractivity contribution in [1.29, 1.82) is 0 Å². The number of H-pyrrole nitrogens is 1. The molecule has 2 heterocycles. The Kier molecular flexibility index (Phi) is 3.07. The van der Waals surface area contributed by atoms with Gasteiger partial charge in [0, 0.05) is 11.1 Å². The van der Waals surface area contributed by atoms with Gasteiger partial charge in [0.25, 0.3) is 5.91 Å². The number of nitrogens with zero attached hydrogens (tertiary/aromatic N) is 2. The van der Waals surface area contributed by atoms with Crippen LogP contribution in [-0.4, -0.2) is 21.3 Å². The van der Waals surface area contributed by atoms with E-state index in [1.807, 2.05) is 29.6 Å². The Morgan fingerprint density at radius 3 is 2.79 bits per heavy atom. The lowest BCUT2D eigenvalue weighted by molar-refractivity contribution is 0.102. The summed E-state index contributed by atoms with van der Waals surface area (Å²) < 4.78 is 0. The van der Waals surface area contributed by atoms with Gasteiger partial charge >= 0.3 is 0 Å². The van der Waals surface area contributed by atoms with E-state index in [-0.39, 0.29) is 5.91 Å². The van der Waals surface area contributed by atoms with Gasteiger partial charge in [0.2, 0.25) is 0 Å². The zero-order chi connectivity index (χ0) is 13.1. The van der Waals surface area contributed by atoms with E-state index >= 15 is 0 Å². The van der Waals surface area contributed by atoms with Crippen molar-refractivity contribution in [3.63, 3.8) is 0 Å². The van der Waals surface area contributed by atoms with Gasteiger partial charge in [-0.05, 0) is 23.6 Å². The summed E-state index contributed by atoms with van der Waals surface area (Å²) >= 11 is 1.46. The number of anilines is 1. The second-order valence-corrected chi connectivity index (χ2v) is 4.75. The molecule has 1 aromatic carbocycles. The van der Waals surface area contributed by atoms with Gasteiger partial charge in [-0.3, -0.25) is 4.79 Å². The van der Waals surface area contributed by atoms with Crippen LogP contribution in [0.1, 0.15) is 10.4 Å². The van der Waals surface area contributed by atoms with Crippen molar-refractivity contribution in [1.82, 2.24) is 15.4 Å². The summed E-state index contributed by atoms with van der Waals surface area (Å²) in [5, 5.41) is 15.9. The molecule has 0 radical (unpaired) electrons. The predicted molar refractivity (Wildman–Crippen MR) is 74.1 cm³/mol. The number of nitrogens with one attached hydrogen (secondary N) is 2. The van der Waals surface area contributed by atoms with E-state index < -0.39 is 0 Å². The van der Waals surface area contributed by atoms with Crippen LogP contribution in [0.5, 0.6) is 0 Å². The average Bonchev–Trinajstić information content (AvgIpc) is 3.10. The van der Waals surface area contributed by atoms with E-state index in [0.717, 1.165) is 10.6 Å². The number of rotatable bonds is 3. The number of hydrogen-bond donors (Lipinski definition) is 2. The number of aromatic nitrogens is 3. The Morgan fingerprint density at radius 1 is 1.21 bits per heavy atom. The third-order valence-electron chi connectivity index (χ3n) is 2.62. The smallest absolute Gasteiger partial charge is 0.256 e. The molecular formula is C13H10N4OS. The zero-order valence-electron chi connectivity index (χ0n) is 9.83. The highest BCUT2D eigenvalue weighted by molar-refractivity contribution is 7.15. The van der Waals surface area contributed by atoms with Gasteiger partial charge in [0.15, 0.2) is 0 Å². The number of amides is 1. The summed E-state index contributed by atoms with van der Waals surface area (Å²) in [5.74, 6) is -0.132. The molecule has 3 rings (SSSR count). The normalized spacial score (nSPS) is 10.3. The minimum Gasteiger partial charge on any atom is -0.313 e. The minimum atomic E-state index is -0.132. The molecule has 6 heteroatoms. The molecule has 0 spiro atoms. The molecule has 1 amide bonds. The van der Waals surface area contributed by atoms with Gasteiger partial charge in [0.1, 0.15) is 10.7 Å². The molecule has 3 aromatic rings. The fraction of sp³-hybridized carbons (Fsp3) is 0. The largest absolute Gasteiger partial charge is 0.313 e. The van der Waals surface area contributed by atoms with Gasteiger partial charge in [-0.25, -0.2) is 0 Å². The number of hydrogen-bond acceptors (Lipinski definition) is 4. The first-order valence-electron chi connectivity index (χ1n) is 5.64. The van der Waals surface area contributed by atoms with Gasteiger partial charge in [-0.2, -0.15) is 15.4 Å². The maximum Gasteiger partial charge on any atom is 0.256 e. The van der Waals surface area contributed by atoms with E-state index in [9.17, 15) is 4.79 Å². The summed E-state index contributed by atoms with van der Waals surface area (Å²) in [6.07, 6.45) is 1.63. The van der Waals surface area contributed by atoms with Crippen molar-refractivity contribution in [2.24, 2.45) is 0 Å². The van der Waals surface area contributed by atoms with E-state index in [0.29, 0.717) is 11.3 Å². The molecular weight excluding hydrogens is 260 g/mol. The van der Waals surface area contributed by atoms with Gasteiger partial charge in [-0.15, -0.1) is 11.3 Å². The van der Waals surface area contributed by atoms with Crippen molar-refractivity contribution >= 4 is 22.2 Å². The van der Waals surface area contributed by atoms with E-state index in [2.05, 4.69) is 20.7 Å². The van der Waals surface area contributed by atoms with Crippen LogP contribution in [0.3, 0.4) is 0 Å². The first-order chi connectivity index (χ1) is 9.34. The molecule has 2 aromatic heterocycles. The van der Waals surface area contributed by atoms with E-state index in [1.54, 1.807) is 18.3 Å². The number of carbonyl (C=O) groups is 1. The van der Waals surface area contributed by atoms with Crippen LogP contribution in [-0.2, 0) is 0 Å². The highest BCUT2D eigenvalue weighted by Crippen LogP contribution is 2.31. The Bertz CT molecular complexity index is 676. The summed E-state index contributed by atoms with van der Waals surface area (Å²) in [6.45, 7) is 0. The minimum absolute atomic E-state index is 0.132. The maximum absolute atomic E-state index is 12.1. The number of carbonyl (C=O) groups excluding carboxylic acids is 1. The zero-order valence-corrected chi connectivity index (χ0v) is 10.6. The number of benzene rings is 1. The van der Waals surface area contributed by atoms with Gasteiger partial charge in [-0.1, -0.05) is 18.2 Å². The maximum atomic E-state index is 12.1. The SMILES string of the molecule is O=C(Nc1sccc1-c1cn[nH]n1)c1ccccc1. The molecule has 0 bridgehead atoms. The lowest BCUT2D eigenvalue weighted by Gasteiger charge is -2.04. The van der Waals surface area contributed by atoms with Crippen LogP contribution in [0.2, 0.25) is 0 Å². The Morgan fingerprint density at radius 2 is 2.05 bits per heavy atom. The van der Waals surface area contributed by atoms with Gasteiger partial charge in [0.05, 0.1) is 6.20 Å². The Hall–Kier alpha value is -2.47. The highest BCUT2D eigenvalue weighted by Gasteiger charge is 2.12. The quantitative estimate of drug-likeness (QED) is 0.768. The molecule has 94 valence electrons. The van der Waals surface area contributed by atoms with Crippen LogP contribution < -0.4 is 5.32 Å². The highest BCUT2D eigenvalue weighted by atomic mass is 32.1. The third kappa shape index (κ3) is 2.38. The molecule has 2 N–H and O–H groups in total. The van der Waals surface area contributed by atoms with Crippen molar-refractivity contribution in [3.8, 4) is 11.3 Å². The summed E-state index contributed by atoms with van der Waals surface area (Å²) in [7, 11) is 0. The Balaban J connectivity index is 1.85. The van der Waals surface area contributed by atoms with Crippen molar-refractivity contribution in [3.05, 3.63) is 53.5 Å².